The van der Waals surface area contributed by atoms with Crippen molar-refractivity contribution in [3.8, 4) is 35.3 Å². The maximum Gasteiger partial charge on any atom is 0.246 e. The molecule has 5 aromatic rings. The molecule has 1 aliphatic heterocycles. The van der Waals surface area contributed by atoms with Crippen molar-refractivity contribution in [1.82, 2.24) is 14.8 Å². The summed E-state index contributed by atoms with van der Waals surface area (Å²) in [5, 5.41) is 18.3. The van der Waals surface area contributed by atoms with Crippen LogP contribution in [0.25, 0.3) is 12.2 Å². The molecule has 55 heavy (non-hydrogen) atoms. The number of rotatable bonds is 13. The summed E-state index contributed by atoms with van der Waals surface area (Å²) in [7, 11) is 0. The molecule has 1 amide bonds. The number of nitriles is 2. The van der Waals surface area contributed by atoms with Crippen molar-refractivity contribution >= 4 is 42.1 Å². The molecule has 1 fully saturated rings. The van der Waals surface area contributed by atoms with E-state index in [4.69, 9.17) is 36.3 Å². The number of carbonyl (C=O) groups excluding carboxylic acids is 1. The summed E-state index contributed by atoms with van der Waals surface area (Å²) in [6.45, 7) is 6.41. The monoisotopic (exact) mass is 771 g/mol. The van der Waals surface area contributed by atoms with Gasteiger partial charge in [0, 0.05) is 44.9 Å². The van der Waals surface area contributed by atoms with Crippen LogP contribution in [0.5, 0.6) is 23.1 Å². The SMILES string of the molecule is Cc1cc(C=CC(=O)N2CCN(Cc3ccc(C=CCOc4ccc(C#N)cc4)cc3)CC2)cc(Cl)c1Oc1ccc(OCc2ccc(C#N)cc2)cn1.Cl. The minimum atomic E-state index is -0.0336. The Morgan fingerprint density at radius 3 is 2.09 bits per heavy atom. The van der Waals surface area contributed by atoms with E-state index in [0.717, 1.165) is 47.6 Å². The second kappa shape index (κ2) is 19.8. The van der Waals surface area contributed by atoms with Gasteiger partial charge in [-0.3, -0.25) is 9.69 Å². The van der Waals surface area contributed by atoms with Gasteiger partial charge in [-0.05, 0) is 101 Å². The number of hydrogen-bond donors (Lipinski definition) is 0. The smallest absolute Gasteiger partial charge is 0.246 e. The molecule has 4 aromatic carbocycles. The normalized spacial score (nSPS) is 12.8. The molecule has 0 unspecified atom stereocenters. The Bertz CT molecular complexity index is 2160. The van der Waals surface area contributed by atoms with E-state index in [1.807, 2.05) is 42.2 Å². The van der Waals surface area contributed by atoms with E-state index in [-0.39, 0.29) is 18.3 Å². The minimum Gasteiger partial charge on any atom is -0.490 e. The highest BCUT2D eigenvalue weighted by Crippen LogP contribution is 2.34. The van der Waals surface area contributed by atoms with Crippen LogP contribution in [0.4, 0.5) is 0 Å². The Hall–Kier alpha value is -6.10. The molecule has 1 aliphatic rings. The Kier molecular flexibility index (Phi) is 14.5. The molecule has 11 heteroatoms. The van der Waals surface area contributed by atoms with E-state index in [2.05, 4.69) is 46.3 Å². The number of piperazine rings is 1. The molecule has 0 bridgehead atoms. The van der Waals surface area contributed by atoms with Crippen molar-refractivity contribution in [3.05, 3.63) is 159 Å². The fourth-order valence-electron chi connectivity index (χ4n) is 5.79. The van der Waals surface area contributed by atoms with Crippen molar-refractivity contribution < 1.29 is 19.0 Å². The highest BCUT2D eigenvalue weighted by Gasteiger charge is 2.20. The summed E-state index contributed by atoms with van der Waals surface area (Å²) < 4.78 is 17.5. The van der Waals surface area contributed by atoms with E-state index in [0.29, 0.717) is 59.8 Å². The fourth-order valence-corrected chi connectivity index (χ4v) is 6.10. The topological polar surface area (TPSA) is 112 Å². The van der Waals surface area contributed by atoms with Crippen LogP contribution in [-0.4, -0.2) is 53.5 Å². The van der Waals surface area contributed by atoms with Crippen molar-refractivity contribution in [2.45, 2.75) is 20.1 Å². The minimum absolute atomic E-state index is 0. The van der Waals surface area contributed by atoms with Crippen molar-refractivity contribution in [3.63, 3.8) is 0 Å². The van der Waals surface area contributed by atoms with Gasteiger partial charge in [0.25, 0.3) is 0 Å². The first-order valence-corrected chi connectivity index (χ1v) is 17.9. The van der Waals surface area contributed by atoms with Crippen LogP contribution in [-0.2, 0) is 17.9 Å². The summed E-state index contributed by atoms with van der Waals surface area (Å²) in [6, 6.07) is 34.1. The van der Waals surface area contributed by atoms with Crippen LogP contribution in [0.15, 0.2) is 115 Å². The molecule has 278 valence electrons. The highest BCUT2D eigenvalue weighted by molar-refractivity contribution is 6.32. The van der Waals surface area contributed by atoms with Crippen LogP contribution >= 0.6 is 24.0 Å². The molecule has 0 atom stereocenters. The van der Waals surface area contributed by atoms with Gasteiger partial charge in [-0.15, -0.1) is 12.4 Å². The van der Waals surface area contributed by atoms with Crippen molar-refractivity contribution in [2.75, 3.05) is 32.8 Å². The maximum absolute atomic E-state index is 13.1. The number of pyridine rings is 1. The van der Waals surface area contributed by atoms with E-state index in [1.165, 1.54) is 5.56 Å². The third-order valence-corrected chi connectivity index (χ3v) is 9.06. The van der Waals surface area contributed by atoms with Gasteiger partial charge >= 0.3 is 0 Å². The molecule has 0 radical (unpaired) electrons. The number of nitrogens with zero attached hydrogens (tertiary/aromatic N) is 5. The molecule has 9 nitrogen and oxygen atoms in total. The number of hydrogen-bond acceptors (Lipinski definition) is 8. The standard InChI is InChI=1S/C44H38ClN5O4.ClH/c1-32-25-38(26-41(45)44(32)54-42-18-17-40(29-48-42)53-31-37-10-6-34(27-46)7-11-37)14-19-43(51)50-22-20-49(21-23-50)30-36-8-4-33(5-9-36)3-2-24-52-39-15-12-35(28-47)13-16-39;/h2-19,25-26,29H,20-24,30-31H2,1H3;1H. The Morgan fingerprint density at radius 2 is 1.45 bits per heavy atom. The predicted molar refractivity (Wildman–Crippen MR) is 216 cm³/mol. The Morgan fingerprint density at radius 1 is 0.800 bits per heavy atom. The first kappa shape index (κ1) is 40.1. The number of amides is 1. The first-order valence-electron chi connectivity index (χ1n) is 17.5. The average Bonchev–Trinajstić information content (AvgIpc) is 3.21. The van der Waals surface area contributed by atoms with Gasteiger partial charge in [0.05, 0.1) is 34.5 Å². The lowest BCUT2D eigenvalue weighted by molar-refractivity contribution is -0.127. The van der Waals surface area contributed by atoms with Gasteiger partial charge in [-0.2, -0.15) is 10.5 Å². The number of benzene rings is 4. The van der Waals surface area contributed by atoms with Crippen LogP contribution in [0.1, 0.15) is 38.9 Å². The maximum atomic E-state index is 13.1. The number of aryl methyl sites for hydroxylation is 1. The molecule has 1 aromatic heterocycles. The Balaban J connectivity index is 0.00000580. The fraction of sp³-hybridized carbons (Fsp3) is 0.182. The summed E-state index contributed by atoms with van der Waals surface area (Å²) in [6.07, 6.45) is 8.96. The van der Waals surface area contributed by atoms with Gasteiger partial charge in [-0.25, -0.2) is 4.98 Å². The number of ether oxygens (including phenoxy) is 3. The molecule has 0 aliphatic carbocycles. The predicted octanol–water partition coefficient (Wildman–Crippen LogP) is 9.03. The zero-order valence-electron chi connectivity index (χ0n) is 30.2. The molecule has 6 rings (SSSR count). The highest BCUT2D eigenvalue weighted by atomic mass is 35.5. The summed E-state index contributed by atoms with van der Waals surface area (Å²) in [4.78, 5) is 21.6. The third-order valence-electron chi connectivity index (χ3n) is 8.78. The summed E-state index contributed by atoms with van der Waals surface area (Å²) in [5.41, 5.74) is 6.08. The number of carbonyl (C=O) groups is 1. The third kappa shape index (κ3) is 11.7. The summed E-state index contributed by atoms with van der Waals surface area (Å²) in [5.74, 6) is 2.14. The molecule has 0 spiro atoms. The lowest BCUT2D eigenvalue weighted by Crippen LogP contribution is -2.47. The quantitative estimate of drug-likeness (QED) is 0.109. The zero-order chi connectivity index (χ0) is 37.7. The zero-order valence-corrected chi connectivity index (χ0v) is 31.8. The van der Waals surface area contributed by atoms with Gasteiger partial charge in [0.15, 0.2) is 5.75 Å². The molecule has 0 saturated carbocycles. The number of aromatic nitrogens is 1. The first-order chi connectivity index (χ1) is 26.3. The van der Waals surface area contributed by atoms with Crippen LogP contribution in [0, 0.1) is 29.6 Å². The van der Waals surface area contributed by atoms with Crippen LogP contribution in [0.3, 0.4) is 0 Å². The van der Waals surface area contributed by atoms with Crippen LogP contribution < -0.4 is 14.2 Å². The van der Waals surface area contributed by atoms with E-state index >= 15 is 0 Å². The van der Waals surface area contributed by atoms with Crippen molar-refractivity contribution in [2.24, 2.45) is 0 Å². The van der Waals surface area contributed by atoms with Gasteiger partial charge in [0.1, 0.15) is 24.7 Å². The largest absolute Gasteiger partial charge is 0.490 e. The molecule has 2 heterocycles. The van der Waals surface area contributed by atoms with Crippen LogP contribution in [0.2, 0.25) is 5.02 Å². The second-order valence-electron chi connectivity index (χ2n) is 12.7. The molecule has 1 saturated heterocycles. The summed E-state index contributed by atoms with van der Waals surface area (Å²) >= 11 is 6.62. The lowest BCUT2D eigenvalue weighted by atomic mass is 10.1. The van der Waals surface area contributed by atoms with E-state index < -0.39 is 0 Å². The lowest BCUT2D eigenvalue weighted by Gasteiger charge is -2.34. The molecular formula is C44H39Cl2N5O4. The Labute approximate surface area is 332 Å². The van der Waals surface area contributed by atoms with E-state index in [1.54, 1.807) is 72.9 Å². The van der Waals surface area contributed by atoms with Crippen molar-refractivity contribution in [1.29, 1.82) is 10.5 Å². The van der Waals surface area contributed by atoms with Gasteiger partial charge < -0.3 is 19.1 Å². The van der Waals surface area contributed by atoms with Gasteiger partial charge in [-0.1, -0.05) is 54.1 Å². The second-order valence-corrected chi connectivity index (χ2v) is 13.1. The van der Waals surface area contributed by atoms with E-state index in [9.17, 15) is 4.79 Å². The number of halogens is 2. The molecular weight excluding hydrogens is 733 g/mol. The molecule has 0 N–H and O–H groups in total. The average molecular weight is 773 g/mol. The van der Waals surface area contributed by atoms with Gasteiger partial charge in [0.2, 0.25) is 11.8 Å².